The Morgan fingerprint density at radius 1 is 1.34 bits per heavy atom. The summed E-state index contributed by atoms with van der Waals surface area (Å²) in [7, 11) is 0. The van der Waals surface area contributed by atoms with Crippen LogP contribution in [0.5, 0.6) is 5.75 Å². The van der Waals surface area contributed by atoms with Crippen molar-refractivity contribution in [1.82, 2.24) is 15.6 Å². The van der Waals surface area contributed by atoms with E-state index in [4.69, 9.17) is 4.74 Å². The van der Waals surface area contributed by atoms with E-state index in [1.54, 1.807) is 12.3 Å². The molecule has 1 aromatic carbocycles. The average molecular weight is 513 g/mol. The number of guanidine groups is 1. The van der Waals surface area contributed by atoms with E-state index in [9.17, 15) is 4.39 Å². The van der Waals surface area contributed by atoms with E-state index in [0.717, 1.165) is 31.2 Å². The Morgan fingerprint density at radius 2 is 2.21 bits per heavy atom. The Bertz CT molecular complexity index is 804. The van der Waals surface area contributed by atoms with Gasteiger partial charge in [0.1, 0.15) is 12.4 Å². The van der Waals surface area contributed by atoms with E-state index in [0.29, 0.717) is 25.5 Å². The monoisotopic (exact) mass is 513 g/mol. The number of rotatable bonds is 7. The van der Waals surface area contributed by atoms with Gasteiger partial charge in [-0.1, -0.05) is 12.1 Å². The molecular weight excluding hydrogens is 484 g/mol. The highest BCUT2D eigenvalue weighted by atomic mass is 127. The second kappa shape index (κ2) is 11.8. The third-order valence-electron chi connectivity index (χ3n) is 4.53. The molecule has 158 valence electrons. The highest BCUT2D eigenvalue weighted by Gasteiger charge is 2.25. The number of ether oxygens (including phenoxy) is 1. The third-order valence-corrected chi connectivity index (χ3v) is 4.53. The van der Waals surface area contributed by atoms with Crippen molar-refractivity contribution in [2.45, 2.75) is 26.3 Å². The van der Waals surface area contributed by atoms with E-state index < -0.39 is 0 Å². The Balaban J connectivity index is 0.00000300. The van der Waals surface area contributed by atoms with Gasteiger partial charge in [-0.25, -0.2) is 14.4 Å². The first-order valence-electron chi connectivity index (χ1n) is 9.75. The number of halogens is 2. The average Bonchev–Trinajstić information content (AvgIpc) is 3.14. The van der Waals surface area contributed by atoms with Crippen LogP contribution in [0.3, 0.4) is 0 Å². The smallest absolute Gasteiger partial charge is 0.191 e. The normalized spacial score (nSPS) is 16.3. The molecule has 8 heteroatoms. The Labute approximate surface area is 189 Å². The fourth-order valence-electron chi connectivity index (χ4n) is 3.22. The van der Waals surface area contributed by atoms with Crippen LogP contribution in [-0.4, -0.2) is 49.8 Å². The fourth-order valence-corrected chi connectivity index (χ4v) is 3.22. The summed E-state index contributed by atoms with van der Waals surface area (Å²) in [5.74, 6) is 1.75. The number of nitrogens with one attached hydrogen (secondary N) is 2. The van der Waals surface area contributed by atoms with Crippen molar-refractivity contribution in [2.75, 3.05) is 37.7 Å². The number of benzene rings is 1. The minimum Gasteiger partial charge on any atom is -0.492 e. The van der Waals surface area contributed by atoms with Gasteiger partial charge in [0.15, 0.2) is 17.6 Å². The number of hydrogen-bond acceptors (Lipinski definition) is 4. The maximum absolute atomic E-state index is 13.9. The van der Waals surface area contributed by atoms with Crippen LogP contribution in [0.4, 0.5) is 10.2 Å². The van der Waals surface area contributed by atoms with Gasteiger partial charge in [-0.3, -0.25) is 0 Å². The van der Waals surface area contributed by atoms with Crippen molar-refractivity contribution in [3.05, 3.63) is 54.0 Å². The lowest BCUT2D eigenvalue weighted by Crippen LogP contribution is -2.45. The highest BCUT2D eigenvalue weighted by Crippen LogP contribution is 2.20. The summed E-state index contributed by atoms with van der Waals surface area (Å²) in [6.45, 7) is 7.37. The molecule has 1 aromatic heterocycles. The first kappa shape index (κ1) is 23.2. The summed E-state index contributed by atoms with van der Waals surface area (Å²) in [5.41, 5.74) is 1.17. The lowest BCUT2D eigenvalue weighted by Gasteiger charge is -2.20. The van der Waals surface area contributed by atoms with Gasteiger partial charge >= 0.3 is 0 Å². The molecular formula is C21H29FIN5O. The maximum atomic E-state index is 13.9. The van der Waals surface area contributed by atoms with Crippen LogP contribution < -0.4 is 20.3 Å². The molecule has 1 saturated heterocycles. The van der Waals surface area contributed by atoms with E-state index in [1.807, 2.05) is 43.0 Å². The van der Waals surface area contributed by atoms with Crippen molar-refractivity contribution >= 4 is 35.8 Å². The molecule has 0 spiro atoms. The van der Waals surface area contributed by atoms with Gasteiger partial charge in [-0.15, -0.1) is 24.0 Å². The molecule has 0 aliphatic carbocycles. The summed E-state index contributed by atoms with van der Waals surface area (Å²) < 4.78 is 19.7. The quantitative estimate of drug-likeness (QED) is 0.258. The van der Waals surface area contributed by atoms with Crippen molar-refractivity contribution in [2.24, 2.45) is 4.99 Å². The molecule has 2 heterocycles. The predicted octanol–water partition coefficient (Wildman–Crippen LogP) is 3.36. The molecule has 29 heavy (non-hydrogen) atoms. The molecule has 1 fully saturated rings. The lowest BCUT2D eigenvalue weighted by molar-refractivity contribution is 0.328. The molecule has 2 aromatic rings. The van der Waals surface area contributed by atoms with Crippen LogP contribution in [0, 0.1) is 12.7 Å². The van der Waals surface area contributed by atoms with E-state index in [2.05, 4.69) is 20.6 Å². The number of pyridine rings is 1. The van der Waals surface area contributed by atoms with Crippen molar-refractivity contribution in [3.63, 3.8) is 0 Å². The maximum Gasteiger partial charge on any atom is 0.191 e. The summed E-state index contributed by atoms with van der Waals surface area (Å²) >= 11 is 0. The lowest BCUT2D eigenvalue weighted by atomic mass is 10.2. The van der Waals surface area contributed by atoms with Crippen LogP contribution >= 0.6 is 24.0 Å². The van der Waals surface area contributed by atoms with Gasteiger partial charge in [0.25, 0.3) is 0 Å². The molecule has 1 unspecified atom stereocenters. The Morgan fingerprint density at radius 3 is 2.97 bits per heavy atom. The molecule has 1 aliphatic heterocycles. The molecule has 0 saturated carbocycles. The zero-order chi connectivity index (χ0) is 19.8. The molecule has 3 rings (SSSR count). The predicted molar refractivity (Wildman–Crippen MR) is 126 cm³/mol. The number of aromatic nitrogens is 1. The van der Waals surface area contributed by atoms with Gasteiger partial charge in [0, 0.05) is 31.9 Å². The molecule has 0 radical (unpaired) electrons. The van der Waals surface area contributed by atoms with Crippen molar-refractivity contribution in [1.29, 1.82) is 0 Å². The summed E-state index contributed by atoms with van der Waals surface area (Å²) in [5, 5.41) is 6.69. The third kappa shape index (κ3) is 7.02. The molecule has 1 atom stereocenters. The number of nitrogens with zero attached hydrogens (tertiary/aromatic N) is 3. The second-order valence-electron chi connectivity index (χ2n) is 6.81. The number of anilines is 1. The molecule has 0 amide bonds. The first-order valence-corrected chi connectivity index (χ1v) is 9.75. The molecule has 6 nitrogen and oxygen atoms in total. The van der Waals surface area contributed by atoms with Gasteiger partial charge in [0.2, 0.25) is 0 Å². The number of aliphatic imine (C=N–C) groups is 1. The zero-order valence-corrected chi connectivity index (χ0v) is 19.2. The number of hydrogen-bond donors (Lipinski definition) is 2. The van der Waals surface area contributed by atoms with E-state index in [1.165, 1.54) is 11.6 Å². The Kier molecular flexibility index (Phi) is 9.43. The van der Waals surface area contributed by atoms with E-state index >= 15 is 0 Å². The largest absolute Gasteiger partial charge is 0.492 e. The zero-order valence-electron chi connectivity index (χ0n) is 16.9. The van der Waals surface area contributed by atoms with Crippen LogP contribution in [0.2, 0.25) is 0 Å². The second-order valence-corrected chi connectivity index (χ2v) is 6.81. The standard InChI is InChI=1S/C21H28FN5O.HI/c1-3-23-21(25-11-13-28-18-7-4-6-16(2)14-18)26-17-9-12-27(15-17)20-19(22)8-5-10-24-20;/h4-8,10,14,17H,3,9,11-13,15H2,1-2H3,(H2,23,25,26);1H. The molecule has 1 aliphatic rings. The first-order chi connectivity index (χ1) is 13.7. The van der Waals surface area contributed by atoms with Gasteiger partial charge < -0.3 is 20.3 Å². The number of aryl methyl sites for hydroxylation is 1. The molecule has 2 N–H and O–H groups in total. The Hall–Kier alpha value is -2.10. The van der Waals surface area contributed by atoms with Crippen LogP contribution in [0.15, 0.2) is 47.6 Å². The summed E-state index contributed by atoms with van der Waals surface area (Å²) in [4.78, 5) is 10.7. The minimum absolute atomic E-state index is 0. The highest BCUT2D eigenvalue weighted by molar-refractivity contribution is 14.0. The fraction of sp³-hybridized carbons (Fsp3) is 0.429. The van der Waals surface area contributed by atoms with Crippen LogP contribution in [0.25, 0.3) is 0 Å². The van der Waals surface area contributed by atoms with Gasteiger partial charge in [-0.05, 0) is 50.1 Å². The summed E-state index contributed by atoms with van der Waals surface area (Å²) in [6.07, 6.45) is 2.53. The van der Waals surface area contributed by atoms with Crippen molar-refractivity contribution < 1.29 is 9.13 Å². The van der Waals surface area contributed by atoms with Crippen LogP contribution in [-0.2, 0) is 0 Å². The van der Waals surface area contributed by atoms with Gasteiger partial charge in [-0.2, -0.15) is 0 Å². The van der Waals surface area contributed by atoms with Crippen molar-refractivity contribution in [3.8, 4) is 5.75 Å². The van der Waals surface area contributed by atoms with E-state index in [-0.39, 0.29) is 35.8 Å². The molecule has 0 bridgehead atoms. The SMILES string of the molecule is CCNC(=NCCOc1cccc(C)c1)NC1CCN(c2ncccc2F)C1.I. The topological polar surface area (TPSA) is 61.8 Å². The summed E-state index contributed by atoms with van der Waals surface area (Å²) in [6, 6.07) is 11.2. The van der Waals surface area contributed by atoms with Gasteiger partial charge in [0.05, 0.1) is 6.54 Å². The van der Waals surface area contributed by atoms with Crippen LogP contribution in [0.1, 0.15) is 18.9 Å². The minimum atomic E-state index is -0.281.